The Morgan fingerprint density at radius 2 is 1.59 bits per heavy atom. The molecule has 0 atom stereocenters. The van der Waals surface area contributed by atoms with Crippen LogP contribution in [0, 0.1) is 0 Å². The monoisotopic (exact) mass is 582 g/mol. The molecule has 1 aliphatic carbocycles. The molecule has 1 saturated carbocycles. The molecule has 1 aromatic heterocycles. The number of hydrogen-bond donors (Lipinski definition) is 0. The van der Waals surface area contributed by atoms with Crippen molar-refractivity contribution in [3.8, 4) is 22.6 Å². The Kier molecular flexibility index (Phi) is 8.67. The molecule has 39 heavy (non-hydrogen) atoms. The van der Waals surface area contributed by atoms with Gasteiger partial charge < -0.3 is 14.4 Å². The fraction of sp³-hybridized carbons (Fsp3) is 0.323. The van der Waals surface area contributed by atoms with E-state index < -0.39 is 0 Å². The van der Waals surface area contributed by atoms with Crippen LogP contribution in [0.5, 0.6) is 11.5 Å². The van der Waals surface area contributed by atoms with Crippen LogP contribution in [0.4, 0.5) is 0 Å². The molecule has 0 radical (unpaired) electrons. The Bertz CT molecular complexity index is 1450. The summed E-state index contributed by atoms with van der Waals surface area (Å²) in [5.74, 6) is 1.52. The minimum absolute atomic E-state index is 0.0409. The number of nitrogens with zero attached hydrogens (tertiary/aromatic N) is 2. The van der Waals surface area contributed by atoms with Crippen LogP contribution in [0.3, 0.4) is 0 Å². The van der Waals surface area contributed by atoms with Gasteiger partial charge >= 0.3 is 0 Å². The number of amides is 1. The van der Waals surface area contributed by atoms with Crippen molar-refractivity contribution in [2.75, 3.05) is 21.3 Å². The van der Waals surface area contributed by atoms with E-state index in [-0.39, 0.29) is 11.9 Å². The minimum atomic E-state index is -0.0409. The van der Waals surface area contributed by atoms with Crippen molar-refractivity contribution in [1.82, 2.24) is 9.32 Å². The van der Waals surface area contributed by atoms with Crippen molar-refractivity contribution in [1.29, 1.82) is 0 Å². The third-order valence-electron chi connectivity index (χ3n) is 7.64. The number of halogens is 2. The standard InChI is InChI=1S/C31H32Cl2N2O3S/c1-34(33)23-11-13-24(14-12-23)35(31(36)30-29(32)26-6-4-5-7-28(26)39-30)19-22-18-21(10-17-27(22)38-3)20-8-15-25(37-2)16-9-20/h4-10,15-18,23-24H,11-14,19H2,1-3H3/t23-,24-. The summed E-state index contributed by atoms with van der Waals surface area (Å²) in [6.45, 7) is 0.419. The summed E-state index contributed by atoms with van der Waals surface area (Å²) in [5, 5.41) is 1.44. The molecule has 5 rings (SSSR count). The van der Waals surface area contributed by atoms with Crippen molar-refractivity contribution in [3.63, 3.8) is 0 Å². The summed E-state index contributed by atoms with van der Waals surface area (Å²) in [6.07, 6.45) is 3.60. The number of fused-ring (bicyclic) bond motifs is 1. The predicted octanol–water partition coefficient (Wildman–Crippen LogP) is 8.28. The number of thiophene rings is 1. The topological polar surface area (TPSA) is 42.0 Å². The first-order chi connectivity index (χ1) is 18.9. The lowest BCUT2D eigenvalue weighted by atomic mass is 9.89. The van der Waals surface area contributed by atoms with Gasteiger partial charge in [0, 0.05) is 41.3 Å². The number of benzene rings is 3. The van der Waals surface area contributed by atoms with Crippen LogP contribution in [-0.2, 0) is 6.54 Å². The largest absolute Gasteiger partial charge is 0.497 e. The first kappa shape index (κ1) is 27.8. The lowest BCUT2D eigenvalue weighted by molar-refractivity contribution is 0.0589. The summed E-state index contributed by atoms with van der Waals surface area (Å²) in [5.41, 5.74) is 3.07. The van der Waals surface area contributed by atoms with E-state index in [2.05, 4.69) is 6.07 Å². The van der Waals surface area contributed by atoms with Crippen LogP contribution in [0.2, 0.25) is 5.02 Å². The van der Waals surface area contributed by atoms with Crippen molar-refractivity contribution in [3.05, 3.63) is 82.2 Å². The maximum Gasteiger partial charge on any atom is 0.266 e. The quantitative estimate of drug-likeness (QED) is 0.196. The SMILES string of the molecule is COc1ccc(-c2ccc(OC)c(CN(C(=O)c3sc4ccccc4c3Cl)[C@H]3CC[C@H](N(C)Cl)CC3)c2)cc1. The zero-order valence-electron chi connectivity index (χ0n) is 22.3. The van der Waals surface area contributed by atoms with Crippen LogP contribution in [0.25, 0.3) is 21.2 Å². The van der Waals surface area contributed by atoms with Gasteiger partial charge in [0.2, 0.25) is 0 Å². The van der Waals surface area contributed by atoms with Gasteiger partial charge in [-0.05, 0) is 78.9 Å². The molecule has 0 unspecified atom stereocenters. The zero-order valence-corrected chi connectivity index (χ0v) is 24.7. The first-order valence-corrected chi connectivity index (χ1v) is 14.6. The van der Waals surface area contributed by atoms with Crippen LogP contribution in [-0.4, -0.2) is 48.6 Å². The highest BCUT2D eigenvalue weighted by Gasteiger charge is 2.33. The molecular formula is C31H32Cl2N2O3S. The second-order valence-corrected chi connectivity index (χ2v) is 11.9. The van der Waals surface area contributed by atoms with E-state index in [1.54, 1.807) is 18.6 Å². The van der Waals surface area contributed by atoms with Gasteiger partial charge in [-0.2, -0.15) is 0 Å². The third kappa shape index (κ3) is 5.90. The van der Waals surface area contributed by atoms with Crippen LogP contribution >= 0.6 is 34.7 Å². The lowest BCUT2D eigenvalue weighted by Crippen LogP contribution is -2.44. The molecule has 1 fully saturated rings. The highest BCUT2D eigenvalue weighted by molar-refractivity contribution is 7.21. The van der Waals surface area contributed by atoms with Crippen molar-refractivity contribution in [2.45, 2.75) is 44.3 Å². The van der Waals surface area contributed by atoms with Crippen molar-refractivity contribution in [2.24, 2.45) is 0 Å². The Balaban J connectivity index is 1.51. The van der Waals surface area contributed by atoms with Gasteiger partial charge in [-0.1, -0.05) is 48.0 Å². The van der Waals surface area contributed by atoms with E-state index in [0.717, 1.165) is 64.0 Å². The number of carbonyl (C=O) groups excluding carboxylic acids is 1. The van der Waals surface area contributed by atoms with E-state index in [1.807, 2.05) is 72.6 Å². The zero-order chi connectivity index (χ0) is 27.5. The highest BCUT2D eigenvalue weighted by Crippen LogP contribution is 2.39. The van der Waals surface area contributed by atoms with Gasteiger partial charge in [0.05, 0.1) is 19.2 Å². The smallest absolute Gasteiger partial charge is 0.266 e. The van der Waals surface area contributed by atoms with Gasteiger partial charge in [-0.15, -0.1) is 11.3 Å². The molecule has 0 bridgehead atoms. The van der Waals surface area contributed by atoms with E-state index in [4.69, 9.17) is 32.9 Å². The second-order valence-electron chi connectivity index (χ2n) is 9.92. The van der Waals surface area contributed by atoms with Crippen molar-refractivity contribution < 1.29 is 14.3 Å². The van der Waals surface area contributed by atoms with Gasteiger partial charge in [-0.25, -0.2) is 4.42 Å². The molecular weight excluding hydrogens is 551 g/mol. The number of carbonyl (C=O) groups is 1. The molecule has 0 N–H and O–H groups in total. The van der Waals surface area contributed by atoms with Gasteiger partial charge in [0.15, 0.2) is 0 Å². The molecule has 204 valence electrons. The summed E-state index contributed by atoms with van der Waals surface area (Å²) in [7, 11) is 5.23. The summed E-state index contributed by atoms with van der Waals surface area (Å²) < 4.78 is 13.9. The van der Waals surface area contributed by atoms with Crippen LogP contribution < -0.4 is 9.47 Å². The van der Waals surface area contributed by atoms with Gasteiger partial charge in [0.1, 0.15) is 16.4 Å². The van der Waals surface area contributed by atoms with E-state index in [0.29, 0.717) is 22.5 Å². The number of methoxy groups -OCH3 is 2. The number of rotatable bonds is 8. The summed E-state index contributed by atoms with van der Waals surface area (Å²) in [6, 6.07) is 22.4. The average Bonchev–Trinajstić information content (AvgIpc) is 3.32. The maximum atomic E-state index is 14.2. The molecule has 8 heteroatoms. The summed E-state index contributed by atoms with van der Waals surface area (Å²) >= 11 is 14.5. The first-order valence-electron chi connectivity index (χ1n) is 13.1. The molecule has 1 aliphatic rings. The molecule has 3 aromatic carbocycles. The second kappa shape index (κ2) is 12.2. The minimum Gasteiger partial charge on any atom is -0.497 e. The predicted molar refractivity (Wildman–Crippen MR) is 161 cm³/mol. The molecule has 4 aromatic rings. The van der Waals surface area contributed by atoms with Gasteiger partial charge in [-0.3, -0.25) is 4.79 Å². The normalized spacial score (nSPS) is 17.4. The summed E-state index contributed by atoms with van der Waals surface area (Å²) in [4.78, 5) is 16.8. The molecule has 5 nitrogen and oxygen atoms in total. The van der Waals surface area contributed by atoms with E-state index in [1.165, 1.54) is 11.3 Å². The Morgan fingerprint density at radius 3 is 2.23 bits per heavy atom. The Hall–Kier alpha value is -2.77. The van der Waals surface area contributed by atoms with E-state index >= 15 is 0 Å². The van der Waals surface area contributed by atoms with Crippen molar-refractivity contribution >= 4 is 50.7 Å². The van der Waals surface area contributed by atoms with Crippen LogP contribution in [0.15, 0.2) is 66.7 Å². The Morgan fingerprint density at radius 1 is 0.923 bits per heavy atom. The van der Waals surface area contributed by atoms with E-state index in [9.17, 15) is 4.79 Å². The fourth-order valence-corrected chi connectivity index (χ4v) is 7.09. The maximum absolute atomic E-state index is 14.2. The lowest BCUT2D eigenvalue weighted by Gasteiger charge is -2.38. The third-order valence-corrected chi connectivity index (χ3v) is 9.58. The number of ether oxygens (including phenoxy) is 2. The highest BCUT2D eigenvalue weighted by atomic mass is 35.5. The fourth-order valence-electron chi connectivity index (χ4n) is 5.42. The van der Waals surface area contributed by atoms with Crippen LogP contribution in [0.1, 0.15) is 40.9 Å². The van der Waals surface area contributed by atoms with Gasteiger partial charge in [0.25, 0.3) is 5.91 Å². The molecule has 0 saturated heterocycles. The Labute approximate surface area is 244 Å². The average molecular weight is 584 g/mol. The molecule has 0 spiro atoms. The number of hydrogen-bond acceptors (Lipinski definition) is 5. The molecule has 1 amide bonds. The molecule has 0 aliphatic heterocycles. The molecule has 1 heterocycles.